The number of ether oxygens (including phenoxy) is 2. The molecular formula is C31H25ClN4O6S. The van der Waals surface area contributed by atoms with E-state index in [1.54, 1.807) is 61.5 Å². The number of carbonyl (C=O) groups is 4. The molecular weight excluding hydrogens is 592 g/mol. The molecule has 10 nitrogen and oxygen atoms in total. The van der Waals surface area contributed by atoms with Gasteiger partial charge in [-0.25, -0.2) is 4.98 Å². The minimum Gasteiger partial charge on any atom is -0.454 e. The van der Waals surface area contributed by atoms with Crippen LogP contribution in [-0.2, 0) is 20.9 Å². The number of halogens is 1. The maximum Gasteiger partial charge on any atom is 0.299 e. The van der Waals surface area contributed by atoms with Crippen LogP contribution in [-0.4, -0.2) is 52.8 Å². The number of fused-ring (bicyclic) bond motifs is 2. The lowest BCUT2D eigenvalue weighted by atomic mass is 10.1. The molecule has 0 radical (unpaired) electrons. The van der Waals surface area contributed by atoms with E-state index in [4.69, 9.17) is 26.1 Å². The molecule has 1 aromatic heterocycles. The van der Waals surface area contributed by atoms with Gasteiger partial charge in [-0.05, 0) is 42.8 Å². The van der Waals surface area contributed by atoms with E-state index >= 15 is 0 Å². The molecule has 0 saturated carbocycles. The van der Waals surface area contributed by atoms with Crippen LogP contribution in [0.25, 0.3) is 11.3 Å². The highest BCUT2D eigenvalue weighted by Gasteiger charge is 2.39. The molecule has 0 fully saturated rings. The first kappa shape index (κ1) is 28.4. The van der Waals surface area contributed by atoms with Gasteiger partial charge in [0.2, 0.25) is 18.6 Å². The highest BCUT2D eigenvalue weighted by Crippen LogP contribution is 2.35. The van der Waals surface area contributed by atoms with Crippen LogP contribution >= 0.6 is 22.9 Å². The van der Waals surface area contributed by atoms with Crippen LogP contribution in [0.3, 0.4) is 0 Å². The molecule has 3 amide bonds. The number of rotatable bonds is 9. The second kappa shape index (κ2) is 11.9. The summed E-state index contributed by atoms with van der Waals surface area (Å²) in [6, 6.07) is 17.9. The topological polar surface area (TPSA) is 118 Å². The number of aromatic nitrogens is 1. The minimum absolute atomic E-state index is 0.0157. The van der Waals surface area contributed by atoms with Crippen LogP contribution < -0.4 is 19.7 Å². The Labute approximate surface area is 255 Å². The number of benzene rings is 3. The lowest BCUT2D eigenvalue weighted by Gasteiger charge is -2.31. The Hall–Kier alpha value is -4.74. The van der Waals surface area contributed by atoms with Crippen LogP contribution in [0.15, 0.2) is 72.1 Å². The molecule has 2 aliphatic heterocycles. The van der Waals surface area contributed by atoms with E-state index < -0.39 is 36.1 Å². The van der Waals surface area contributed by atoms with E-state index in [1.165, 1.54) is 16.2 Å². The molecule has 2 aliphatic rings. The van der Waals surface area contributed by atoms with Gasteiger partial charge in [-0.2, -0.15) is 0 Å². The summed E-state index contributed by atoms with van der Waals surface area (Å²) in [5.74, 6) is -1.30. The molecule has 3 heterocycles. The van der Waals surface area contributed by atoms with E-state index in [0.717, 1.165) is 10.5 Å². The number of ketones is 1. The fraction of sp³-hybridized carbons (Fsp3) is 0.194. The van der Waals surface area contributed by atoms with Crippen molar-refractivity contribution in [2.75, 3.05) is 23.6 Å². The number of nitrogens with one attached hydrogen (secondary N) is 1. The van der Waals surface area contributed by atoms with Gasteiger partial charge in [0.05, 0.1) is 23.5 Å². The Kier molecular flexibility index (Phi) is 7.83. The molecule has 3 aromatic carbocycles. The highest BCUT2D eigenvalue weighted by atomic mass is 35.5. The van der Waals surface area contributed by atoms with Gasteiger partial charge in [-0.1, -0.05) is 42.8 Å². The van der Waals surface area contributed by atoms with Crippen molar-refractivity contribution < 1.29 is 28.7 Å². The maximum atomic E-state index is 14.0. The minimum atomic E-state index is -0.913. The summed E-state index contributed by atoms with van der Waals surface area (Å²) in [6.45, 7) is 1.50. The summed E-state index contributed by atoms with van der Waals surface area (Å²) >= 11 is 7.38. The fourth-order valence-electron chi connectivity index (χ4n) is 5.03. The van der Waals surface area contributed by atoms with Crippen molar-refractivity contribution in [3.8, 4) is 22.8 Å². The standard InChI is InChI=1S/C31H25ClN4O6S/c1-2-23(30(39)33-20-11-12-25-26(13-20)42-17-41-25)35(14-27-34-22(16-43-27)18-7-9-19(32)10-8-18)28(37)15-36-24-6-4-3-5-21(24)29(38)31(36)40/h3-13,16,23H,2,14-15,17H2,1H3,(H,33,39). The third kappa shape index (κ3) is 5.69. The van der Waals surface area contributed by atoms with Crippen LogP contribution in [0.4, 0.5) is 11.4 Å². The zero-order valence-electron chi connectivity index (χ0n) is 22.9. The molecule has 0 bridgehead atoms. The Morgan fingerprint density at radius 1 is 1.07 bits per heavy atom. The van der Waals surface area contributed by atoms with Crippen LogP contribution in [0.5, 0.6) is 11.5 Å². The quantitative estimate of drug-likeness (QED) is 0.258. The zero-order valence-corrected chi connectivity index (χ0v) is 24.5. The Morgan fingerprint density at radius 3 is 2.63 bits per heavy atom. The summed E-state index contributed by atoms with van der Waals surface area (Å²) in [4.78, 5) is 60.3. The van der Waals surface area contributed by atoms with Gasteiger partial charge in [0.25, 0.3) is 11.7 Å². The second-order valence-electron chi connectivity index (χ2n) is 9.87. The highest BCUT2D eigenvalue weighted by molar-refractivity contribution is 7.09. The molecule has 1 N–H and O–H groups in total. The number of amides is 3. The van der Waals surface area contributed by atoms with Gasteiger partial charge in [-0.3, -0.25) is 24.1 Å². The van der Waals surface area contributed by atoms with Crippen LogP contribution in [0, 0.1) is 0 Å². The monoisotopic (exact) mass is 616 g/mol. The van der Waals surface area contributed by atoms with Gasteiger partial charge >= 0.3 is 0 Å². The summed E-state index contributed by atoms with van der Waals surface area (Å²) in [5, 5.41) is 5.94. The predicted octanol–water partition coefficient (Wildman–Crippen LogP) is 5.17. The number of thiazole rings is 1. The number of hydrogen-bond acceptors (Lipinski definition) is 8. The molecule has 218 valence electrons. The summed E-state index contributed by atoms with van der Waals surface area (Å²) in [5.41, 5.74) is 2.65. The summed E-state index contributed by atoms with van der Waals surface area (Å²) < 4.78 is 10.8. The molecule has 0 aliphatic carbocycles. The normalized spacial score (nSPS) is 14.0. The van der Waals surface area contributed by atoms with Gasteiger partial charge in [-0.15, -0.1) is 11.3 Å². The Morgan fingerprint density at radius 2 is 1.84 bits per heavy atom. The average molecular weight is 617 g/mol. The van der Waals surface area contributed by atoms with E-state index in [0.29, 0.717) is 38.6 Å². The molecule has 1 atom stereocenters. The first-order valence-corrected chi connectivity index (χ1v) is 14.7. The second-order valence-corrected chi connectivity index (χ2v) is 11.3. The molecule has 43 heavy (non-hydrogen) atoms. The number of para-hydroxylation sites is 1. The van der Waals surface area contributed by atoms with Crippen molar-refractivity contribution in [1.29, 1.82) is 0 Å². The van der Waals surface area contributed by atoms with E-state index in [2.05, 4.69) is 5.32 Å². The number of hydrogen-bond donors (Lipinski definition) is 1. The smallest absolute Gasteiger partial charge is 0.299 e. The number of anilines is 2. The largest absolute Gasteiger partial charge is 0.454 e. The van der Waals surface area contributed by atoms with Crippen molar-refractivity contribution >= 4 is 57.8 Å². The maximum absolute atomic E-state index is 14.0. The van der Waals surface area contributed by atoms with Gasteiger partial charge in [0.15, 0.2) is 11.5 Å². The SMILES string of the molecule is CCC(C(=O)Nc1ccc2c(c1)OCO2)N(Cc1nc(-c2ccc(Cl)cc2)cs1)C(=O)CN1C(=O)C(=O)c2ccccc21. The van der Waals surface area contributed by atoms with Crippen molar-refractivity contribution in [2.24, 2.45) is 0 Å². The van der Waals surface area contributed by atoms with Gasteiger partial charge in [0.1, 0.15) is 17.6 Å². The van der Waals surface area contributed by atoms with Crippen molar-refractivity contribution in [3.05, 3.63) is 87.7 Å². The van der Waals surface area contributed by atoms with Crippen molar-refractivity contribution in [3.63, 3.8) is 0 Å². The Bertz CT molecular complexity index is 1740. The molecule has 6 rings (SSSR count). The molecule has 4 aromatic rings. The first-order valence-electron chi connectivity index (χ1n) is 13.5. The summed E-state index contributed by atoms with van der Waals surface area (Å²) in [6.07, 6.45) is 0.279. The van der Waals surface area contributed by atoms with Gasteiger partial charge < -0.3 is 19.7 Å². The van der Waals surface area contributed by atoms with Crippen molar-refractivity contribution in [2.45, 2.75) is 25.9 Å². The zero-order chi connectivity index (χ0) is 30.1. The van der Waals surface area contributed by atoms with Gasteiger partial charge in [0, 0.05) is 27.7 Å². The number of nitrogens with zero attached hydrogens (tertiary/aromatic N) is 3. The third-order valence-corrected chi connectivity index (χ3v) is 8.28. The fourth-order valence-corrected chi connectivity index (χ4v) is 5.96. The molecule has 12 heteroatoms. The molecule has 0 spiro atoms. The summed E-state index contributed by atoms with van der Waals surface area (Å²) in [7, 11) is 0. The van der Waals surface area contributed by atoms with Crippen LogP contribution in [0.2, 0.25) is 5.02 Å². The average Bonchev–Trinajstić information content (AvgIpc) is 3.73. The van der Waals surface area contributed by atoms with E-state index in [-0.39, 0.29) is 25.3 Å². The van der Waals surface area contributed by atoms with Crippen molar-refractivity contribution in [1.82, 2.24) is 9.88 Å². The van der Waals surface area contributed by atoms with E-state index in [9.17, 15) is 19.2 Å². The number of Topliss-reactive ketones (excluding diaryl/α,β-unsaturated/α-hetero) is 1. The van der Waals surface area contributed by atoms with Crippen LogP contribution in [0.1, 0.15) is 28.7 Å². The molecule has 0 saturated heterocycles. The number of carbonyl (C=O) groups excluding carboxylic acids is 4. The predicted molar refractivity (Wildman–Crippen MR) is 162 cm³/mol. The third-order valence-electron chi connectivity index (χ3n) is 7.20. The Balaban J connectivity index is 1.28. The lowest BCUT2D eigenvalue weighted by molar-refractivity contribution is -0.138. The van der Waals surface area contributed by atoms with E-state index in [1.807, 2.05) is 17.5 Å². The first-order chi connectivity index (χ1) is 20.8. The molecule has 1 unspecified atom stereocenters. The lowest BCUT2D eigenvalue weighted by Crippen LogP contribution is -2.50.